The lowest BCUT2D eigenvalue weighted by molar-refractivity contribution is -0.137. The number of rotatable bonds is 4. The van der Waals surface area contributed by atoms with E-state index in [1.54, 1.807) is 12.1 Å². The molecule has 1 nitrogen and oxygen atoms in total. The summed E-state index contributed by atoms with van der Waals surface area (Å²) in [6.45, 7) is 1.96. The molecule has 0 bridgehead atoms. The van der Waals surface area contributed by atoms with Crippen LogP contribution in [-0.4, -0.2) is 5.78 Å². The molecule has 2 aromatic carbocycles. The number of hydrogen-bond acceptors (Lipinski definition) is 1. The molecule has 0 radical (unpaired) electrons. The van der Waals surface area contributed by atoms with Crippen molar-refractivity contribution >= 4 is 5.78 Å². The molecule has 0 saturated heterocycles. The number of hydrogen-bond donors (Lipinski definition) is 0. The lowest BCUT2D eigenvalue weighted by Gasteiger charge is -2.09. The normalized spacial score (nSPS) is 11.4. The summed E-state index contributed by atoms with van der Waals surface area (Å²) in [5, 5.41) is 0. The number of aryl methyl sites for hydroxylation is 1. The first-order chi connectivity index (χ1) is 9.91. The maximum atomic E-state index is 12.5. The Labute approximate surface area is 121 Å². The highest BCUT2D eigenvalue weighted by Gasteiger charge is 2.29. The molecule has 4 heteroatoms. The molecule has 2 aromatic rings. The molecule has 0 aliphatic rings. The second kappa shape index (κ2) is 6.12. The standard InChI is InChI=1S/C17H15F3O/c1-2-13-5-3-4-6-15(13)16(21)11-12-7-9-14(10-8-12)17(18,19)20/h3-10H,2,11H2,1H3. The molecule has 0 spiro atoms. The number of alkyl halides is 3. The molecule has 0 atom stereocenters. The van der Waals surface area contributed by atoms with Gasteiger partial charge in [-0.3, -0.25) is 4.79 Å². The quantitative estimate of drug-likeness (QED) is 0.747. The van der Waals surface area contributed by atoms with E-state index in [4.69, 9.17) is 0 Å². The number of Topliss-reactive ketones (excluding diaryl/α,β-unsaturated/α-hetero) is 1. The monoisotopic (exact) mass is 292 g/mol. The third-order valence-corrected chi connectivity index (χ3v) is 3.34. The smallest absolute Gasteiger partial charge is 0.294 e. The van der Waals surface area contributed by atoms with Crippen molar-refractivity contribution in [3.05, 3.63) is 70.8 Å². The van der Waals surface area contributed by atoms with Crippen molar-refractivity contribution in [1.29, 1.82) is 0 Å². The van der Waals surface area contributed by atoms with Gasteiger partial charge in [-0.05, 0) is 29.7 Å². The fourth-order valence-corrected chi connectivity index (χ4v) is 2.19. The lowest BCUT2D eigenvalue weighted by atomic mass is 9.97. The average molecular weight is 292 g/mol. The van der Waals surface area contributed by atoms with E-state index in [0.29, 0.717) is 11.1 Å². The van der Waals surface area contributed by atoms with Crippen molar-refractivity contribution in [3.63, 3.8) is 0 Å². The van der Waals surface area contributed by atoms with Crippen molar-refractivity contribution in [1.82, 2.24) is 0 Å². The second-order valence-corrected chi connectivity index (χ2v) is 4.81. The average Bonchev–Trinajstić information content (AvgIpc) is 2.46. The largest absolute Gasteiger partial charge is 0.416 e. The van der Waals surface area contributed by atoms with Crippen LogP contribution in [0, 0.1) is 0 Å². The molecule has 21 heavy (non-hydrogen) atoms. The molecule has 0 N–H and O–H groups in total. The van der Waals surface area contributed by atoms with Gasteiger partial charge >= 0.3 is 6.18 Å². The Kier molecular flexibility index (Phi) is 4.46. The summed E-state index contributed by atoms with van der Waals surface area (Å²) in [7, 11) is 0. The van der Waals surface area contributed by atoms with E-state index in [1.807, 2.05) is 19.1 Å². The fourth-order valence-electron chi connectivity index (χ4n) is 2.19. The minimum atomic E-state index is -4.35. The Hall–Kier alpha value is -2.10. The number of halogens is 3. The Morgan fingerprint density at radius 3 is 2.19 bits per heavy atom. The highest BCUT2D eigenvalue weighted by Crippen LogP contribution is 2.29. The highest BCUT2D eigenvalue weighted by atomic mass is 19.4. The Morgan fingerprint density at radius 2 is 1.62 bits per heavy atom. The predicted molar refractivity (Wildman–Crippen MR) is 75.3 cm³/mol. The molecule has 0 aromatic heterocycles. The molecular formula is C17H15F3O. The second-order valence-electron chi connectivity index (χ2n) is 4.81. The number of ketones is 1. The predicted octanol–water partition coefficient (Wildman–Crippen LogP) is 4.69. The molecule has 110 valence electrons. The summed E-state index contributed by atoms with van der Waals surface area (Å²) in [5.74, 6) is -0.0767. The van der Waals surface area contributed by atoms with E-state index in [1.165, 1.54) is 12.1 Å². The van der Waals surface area contributed by atoms with Crippen LogP contribution in [0.5, 0.6) is 0 Å². The van der Waals surface area contributed by atoms with E-state index >= 15 is 0 Å². The molecular weight excluding hydrogens is 277 g/mol. The maximum Gasteiger partial charge on any atom is 0.416 e. The molecule has 0 fully saturated rings. The van der Waals surface area contributed by atoms with Gasteiger partial charge in [0.05, 0.1) is 5.56 Å². The van der Waals surface area contributed by atoms with E-state index in [2.05, 4.69) is 0 Å². The van der Waals surface area contributed by atoms with E-state index in [-0.39, 0.29) is 12.2 Å². The Morgan fingerprint density at radius 1 is 1.00 bits per heavy atom. The van der Waals surface area contributed by atoms with E-state index in [0.717, 1.165) is 24.1 Å². The molecule has 0 aliphatic heterocycles. The Balaban J connectivity index is 2.16. The van der Waals surface area contributed by atoms with Crippen LogP contribution in [0.15, 0.2) is 48.5 Å². The van der Waals surface area contributed by atoms with Crippen LogP contribution in [0.3, 0.4) is 0 Å². The zero-order valence-electron chi connectivity index (χ0n) is 11.6. The van der Waals surface area contributed by atoms with Crippen LogP contribution >= 0.6 is 0 Å². The molecule has 0 saturated carbocycles. The topological polar surface area (TPSA) is 17.1 Å². The minimum absolute atomic E-state index is 0.0767. The van der Waals surface area contributed by atoms with Crippen molar-refractivity contribution in [2.24, 2.45) is 0 Å². The third kappa shape index (κ3) is 3.72. The molecule has 0 unspecified atom stereocenters. The van der Waals surface area contributed by atoms with E-state index < -0.39 is 11.7 Å². The molecule has 0 heterocycles. The summed E-state index contributed by atoms with van der Waals surface area (Å²) < 4.78 is 37.4. The van der Waals surface area contributed by atoms with Crippen LogP contribution in [0.1, 0.15) is 34.0 Å². The summed E-state index contributed by atoms with van der Waals surface area (Å²) in [5.41, 5.74) is 1.47. The fraction of sp³-hybridized carbons (Fsp3) is 0.235. The van der Waals surface area contributed by atoms with Gasteiger partial charge in [0.15, 0.2) is 5.78 Å². The first-order valence-electron chi connectivity index (χ1n) is 6.69. The zero-order valence-corrected chi connectivity index (χ0v) is 11.6. The van der Waals surface area contributed by atoms with Gasteiger partial charge in [0.25, 0.3) is 0 Å². The molecule has 0 aliphatic carbocycles. The summed E-state index contributed by atoms with van der Waals surface area (Å²) in [4.78, 5) is 12.3. The summed E-state index contributed by atoms with van der Waals surface area (Å²) in [6.07, 6.45) is -3.50. The van der Waals surface area contributed by atoms with Crippen molar-refractivity contribution in [2.45, 2.75) is 25.9 Å². The number of carbonyl (C=O) groups excluding carboxylic acids is 1. The van der Waals surface area contributed by atoms with Gasteiger partial charge in [0.2, 0.25) is 0 Å². The minimum Gasteiger partial charge on any atom is -0.294 e. The van der Waals surface area contributed by atoms with Crippen molar-refractivity contribution in [3.8, 4) is 0 Å². The van der Waals surface area contributed by atoms with E-state index in [9.17, 15) is 18.0 Å². The first-order valence-corrected chi connectivity index (χ1v) is 6.69. The van der Waals surface area contributed by atoms with Crippen LogP contribution in [0.4, 0.5) is 13.2 Å². The molecule has 2 rings (SSSR count). The summed E-state index contributed by atoms with van der Waals surface area (Å²) >= 11 is 0. The van der Waals surface area contributed by atoms with Gasteiger partial charge in [-0.1, -0.05) is 43.3 Å². The van der Waals surface area contributed by atoms with Crippen molar-refractivity contribution < 1.29 is 18.0 Å². The number of benzene rings is 2. The SMILES string of the molecule is CCc1ccccc1C(=O)Cc1ccc(C(F)(F)F)cc1. The highest BCUT2D eigenvalue weighted by molar-refractivity contribution is 5.98. The summed E-state index contributed by atoms with van der Waals surface area (Å²) in [6, 6.07) is 12.0. The van der Waals surface area contributed by atoms with Crippen molar-refractivity contribution in [2.75, 3.05) is 0 Å². The van der Waals surface area contributed by atoms with Gasteiger partial charge in [0, 0.05) is 12.0 Å². The van der Waals surface area contributed by atoms with Crippen LogP contribution in [-0.2, 0) is 19.0 Å². The molecule has 0 amide bonds. The third-order valence-electron chi connectivity index (χ3n) is 3.34. The maximum absolute atomic E-state index is 12.5. The van der Waals surface area contributed by atoms with Crippen LogP contribution < -0.4 is 0 Å². The van der Waals surface area contributed by atoms with Crippen LogP contribution in [0.2, 0.25) is 0 Å². The zero-order chi connectivity index (χ0) is 15.5. The number of carbonyl (C=O) groups is 1. The van der Waals surface area contributed by atoms with Gasteiger partial charge in [-0.25, -0.2) is 0 Å². The lowest BCUT2D eigenvalue weighted by Crippen LogP contribution is -2.08. The Bertz CT molecular complexity index is 627. The van der Waals surface area contributed by atoms with Crippen LogP contribution in [0.25, 0.3) is 0 Å². The van der Waals surface area contributed by atoms with Gasteiger partial charge in [-0.2, -0.15) is 13.2 Å². The van der Waals surface area contributed by atoms with Gasteiger partial charge in [0.1, 0.15) is 0 Å². The van der Waals surface area contributed by atoms with Gasteiger partial charge in [-0.15, -0.1) is 0 Å². The first kappa shape index (κ1) is 15.3. The van der Waals surface area contributed by atoms with Gasteiger partial charge < -0.3 is 0 Å².